The first-order valence-electron chi connectivity index (χ1n) is 7.15. The minimum Gasteiger partial charge on any atom is -0.481 e. The monoisotopic (exact) mass is 279 g/mol. The summed E-state index contributed by atoms with van der Waals surface area (Å²) in [5, 5.41) is 12.9. The highest BCUT2D eigenvalue weighted by molar-refractivity contribution is 5.76. The maximum atomic E-state index is 12.3. The quantitative estimate of drug-likeness (QED) is 0.856. The molecule has 1 fully saturated rings. The van der Waals surface area contributed by atoms with Crippen molar-refractivity contribution in [3.63, 3.8) is 0 Å². The molecule has 1 aromatic rings. The van der Waals surface area contributed by atoms with E-state index in [0.29, 0.717) is 19.4 Å². The van der Waals surface area contributed by atoms with Gasteiger partial charge in [0, 0.05) is 44.4 Å². The lowest BCUT2D eigenvalue weighted by molar-refractivity contribution is -0.140. The van der Waals surface area contributed by atoms with Gasteiger partial charge in [-0.1, -0.05) is 0 Å². The summed E-state index contributed by atoms with van der Waals surface area (Å²) in [5.74, 6) is -0.685. The first-order valence-corrected chi connectivity index (χ1v) is 7.15. The summed E-state index contributed by atoms with van der Waals surface area (Å²) in [4.78, 5) is 24.8. The number of carbonyl (C=O) groups is 2. The summed E-state index contributed by atoms with van der Waals surface area (Å²) in [7, 11) is 0. The average Bonchev–Trinajstić information content (AvgIpc) is 2.96. The number of nitrogens with zero attached hydrogens (tertiary/aromatic N) is 3. The van der Waals surface area contributed by atoms with E-state index in [-0.39, 0.29) is 18.4 Å². The van der Waals surface area contributed by atoms with Gasteiger partial charge in [-0.15, -0.1) is 0 Å². The standard InChI is InChI=1S/C14H21N3O3/c18-13(7-11-16-9-3-8-15-16)17-10-2-1-4-12(17)5-6-14(19)20/h3,8-9,12H,1-2,4-7,10-11H2,(H,19,20). The van der Waals surface area contributed by atoms with Crippen molar-refractivity contribution in [2.24, 2.45) is 0 Å². The number of likely N-dealkylation sites (tertiary alicyclic amines) is 1. The van der Waals surface area contributed by atoms with Crippen LogP contribution in [-0.4, -0.2) is 44.3 Å². The van der Waals surface area contributed by atoms with Gasteiger partial charge in [-0.05, 0) is 31.7 Å². The number of hydrogen-bond donors (Lipinski definition) is 1. The minimum atomic E-state index is -0.792. The van der Waals surface area contributed by atoms with Crippen LogP contribution >= 0.6 is 0 Å². The van der Waals surface area contributed by atoms with Gasteiger partial charge in [-0.2, -0.15) is 5.10 Å². The van der Waals surface area contributed by atoms with Crippen LogP contribution in [0.25, 0.3) is 0 Å². The normalized spacial score (nSPS) is 19.0. The second-order valence-electron chi connectivity index (χ2n) is 5.19. The van der Waals surface area contributed by atoms with Gasteiger partial charge in [0.05, 0.1) is 0 Å². The topological polar surface area (TPSA) is 75.4 Å². The van der Waals surface area contributed by atoms with Gasteiger partial charge < -0.3 is 10.0 Å². The van der Waals surface area contributed by atoms with Gasteiger partial charge in [0.2, 0.25) is 5.91 Å². The third-order valence-electron chi connectivity index (χ3n) is 3.75. The van der Waals surface area contributed by atoms with Crippen LogP contribution in [0.4, 0.5) is 0 Å². The highest BCUT2D eigenvalue weighted by Gasteiger charge is 2.26. The molecule has 110 valence electrons. The van der Waals surface area contributed by atoms with Crippen LogP contribution in [0.15, 0.2) is 18.5 Å². The van der Waals surface area contributed by atoms with Gasteiger partial charge in [-0.25, -0.2) is 0 Å². The van der Waals surface area contributed by atoms with Crippen molar-refractivity contribution in [1.29, 1.82) is 0 Å². The summed E-state index contributed by atoms with van der Waals surface area (Å²) >= 11 is 0. The molecule has 6 heteroatoms. The van der Waals surface area contributed by atoms with Crippen LogP contribution in [0.1, 0.15) is 38.5 Å². The lowest BCUT2D eigenvalue weighted by Gasteiger charge is -2.35. The zero-order valence-corrected chi connectivity index (χ0v) is 11.6. The Morgan fingerprint density at radius 1 is 1.30 bits per heavy atom. The van der Waals surface area contributed by atoms with E-state index in [4.69, 9.17) is 5.11 Å². The van der Waals surface area contributed by atoms with E-state index >= 15 is 0 Å². The number of amides is 1. The number of aliphatic carboxylic acids is 1. The smallest absolute Gasteiger partial charge is 0.303 e. The maximum absolute atomic E-state index is 12.3. The highest BCUT2D eigenvalue weighted by atomic mass is 16.4. The molecule has 1 aliphatic rings. The number of carboxylic acid groups (broad SMARTS) is 1. The molecule has 0 radical (unpaired) electrons. The van der Waals surface area contributed by atoms with Crippen LogP contribution < -0.4 is 0 Å². The fourth-order valence-corrected chi connectivity index (χ4v) is 2.71. The number of carbonyl (C=O) groups excluding carboxylic acids is 1. The fourth-order valence-electron chi connectivity index (χ4n) is 2.71. The van der Waals surface area contributed by atoms with Crippen molar-refractivity contribution in [1.82, 2.24) is 14.7 Å². The number of rotatable bonds is 6. The van der Waals surface area contributed by atoms with E-state index in [9.17, 15) is 9.59 Å². The molecule has 0 saturated carbocycles. The molecule has 1 amide bonds. The Morgan fingerprint density at radius 3 is 2.85 bits per heavy atom. The van der Waals surface area contributed by atoms with Crippen LogP contribution in [0.5, 0.6) is 0 Å². The van der Waals surface area contributed by atoms with Crippen molar-refractivity contribution < 1.29 is 14.7 Å². The van der Waals surface area contributed by atoms with Gasteiger partial charge >= 0.3 is 5.97 Å². The molecule has 0 bridgehead atoms. The number of piperidine rings is 1. The highest BCUT2D eigenvalue weighted by Crippen LogP contribution is 2.21. The Hall–Kier alpha value is -1.85. The molecular formula is C14H21N3O3. The second-order valence-corrected chi connectivity index (χ2v) is 5.19. The van der Waals surface area contributed by atoms with Crippen molar-refractivity contribution in [3.05, 3.63) is 18.5 Å². The molecule has 1 saturated heterocycles. The van der Waals surface area contributed by atoms with Crippen LogP contribution in [0.3, 0.4) is 0 Å². The van der Waals surface area contributed by atoms with Gasteiger partial charge in [0.1, 0.15) is 0 Å². The predicted molar refractivity (Wildman–Crippen MR) is 73.1 cm³/mol. The third kappa shape index (κ3) is 4.08. The van der Waals surface area contributed by atoms with Crippen molar-refractivity contribution in [3.8, 4) is 0 Å². The van der Waals surface area contributed by atoms with E-state index in [1.165, 1.54) is 0 Å². The van der Waals surface area contributed by atoms with E-state index < -0.39 is 5.97 Å². The van der Waals surface area contributed by atoms with E-state index in [2.05, 4.69) is 5.10 Å². The summed E-state index contributed by atoms with van der Waals surface area (Å²) < 4.78 is 1.74. The zero-order valence-electron chi connectivity index (χ0n) is 11.6. The molecule has 2 heterocycles. The molecule has 1 aromatic heterocycles. The maximum Gasteiger partial charge on any atom is 0.303 e. The van der Waals surface area contributed by atoms with Crippen molar-refractivity contribution in [2.45, 2.75) is 51.1 Å². The molecule has 1 atom stereocenters. The second kappa shape index (κ2) is 7.07. The largest absolute Gasteiger partial charge is 0.481 e. The summed E-state index contributed by atoms with van der Waals surface area (Å²) in [6.45, 7) is 1.33. The molecule has 1 N–H and O–H groups in total. The molecule has 6 nitrogen and oxygen atoms in total. The Kier molecular flexibility index (Phi) is 5.15. The van der Waals surface area contributed by atoms with Gasteiger partial charge in [-0.3, -0.25) is 14.3 Å². The summed E-state index contributed by atoms with van der Waals surface area (Å²) in [5.41, 5.74) is 0. The van der Waals surface area contributed by atoms with E-state index in [1.807, 2.05) is 17.2 Å². The zero-order chi connectivity index (χ0) is 14.4. The molecule has 0 aromatic carbocycles. The Balaban J connectivity index is 1.86. The Bertz CT molecular complexity index is 445. The summed E-state index contributed by atoms with van der Waals surface area (Å²) in [6, 6.07) is 1.92. The SMILES string of the molecule is O=C(O)CCC1CCCCN1C(=O)CCn1cccn1. The molecule has 20 heavy (non-hydrogen) atoms. The lowest BCUT2D eigenvalue weighted by atomic mass is 9.97. The van der Waals surface area contributed by atoms with E-state index in [1.54, 1.807) is 10.9 Å². The van der Waals surface area contributed by atoms with Crippen LogP contribution in [-0.2, 0) is 16.1 Å². The molecule has 1 aliphatic heterocycles. The third-order valence-corrected chi connectivity index (χ3v) is 3.75. The van der Waals surface area contributed by atoms with Gasteiger partial charge in [0.25, 0.3) is 0 Å². The van der Waals surface area contributed by atoms with Crippen molar-refractivity contribution in [2.75, 3.05) is 6.54 Å². The number of aromatic nitrogens is 2. The van der Waals surface area contributed by atoms with Crippen molar-refractivity contribution >= 4 is 11.9 Å². The van der Waals surface area contributed by atoms with Gasteiger partial charge in [0.15, 0.2) is 0 Å². The first-order chi connectivity index (χ1) is 9.66. The minimum absolute atomic E-state index is 0.0879. The molecule has 2 rings (SSSR count). The summed E-state index contributed by atoms with van der Waals surface area (Å²) in [6.07, 6.45) is 7.65. The lowest BCUT2D eigenvalue weighted by Crippen LogP contribution is -2.44. The number of hydrogen-bond acceptors (Lipinski definition) is 3. The number of carboxylic acids is 1. The molecular weight excluding hydrogens is 258 g/mol. The van der Waals surface area contributed by atoms with Crippen LogP contribution in [0.2, 0.25) is 0 Å². The van der Waals surface area contributed by atoms with E-state index in [0.717, 1.165) is 25.8 Å². The van der Waals surface area contributed by atoms with Crippen LogP contribution in [0, 0.1) is 0 Å². The molecule has 1 unspecified atom stereocenters. The molecule has 0 aliphatic carbocycles. The predicted octanol–water partition coefficient (Wildman–Crippen LogP) is 1.52. The molecule has 0 spiro atoms. The Morgan fingerprint density at radius 2 is 2.15 bits per heavy atom. The average molecular weight is 279 g/mol. The first kappa shape index (κ1) is 14.6. The number of aryl methyl sites for hydroxylation is 1. The fraction of sp³-hybridized carbons (Fsp3) is 0.643. The Labute approximate surface area is 118 Å².